The van der Waals surface area contributed by atoms with Crippen molar-refractivity contribution in [2.24, 2.45) is 0 Å². The smallest absolute Gasteiger partial charge is 0.161 e. The van der Waals surface area contributed by atoms with Crippen molar-refractivity contribution in [3.8, 4) is 6.07 Å². The van der Waals surface area contributed by atoms with E-state index in [1.165, 1.54) is 18.3 Å². The van der Waals surface area contributed by atoms with Gasteiger partial charge in [0.2, 0.25) is 0 Å². The van der Waals surface area contributed by atoms with E-state index in [9.17, 15) is 9.90 Å². The minimum atomic E-state index is -1.04. The fourth-order valence-electron chi connectivity index (χ4n) is 2.01. The second kappa shape index (κ2) is 6.08. The number of aliphatic hydroxyl groups is 1. The lowest BCUT2D eigenvalue weighted by atomic mass is 10.0. The fourth-order valence-corrected chi connectivity index (χ4v) is 2.79. The maximum Gasteiger partial charge on any atom is 0.161 e. The van der Waals surface area contributed by atoms with E-state index in [0.29, 0.717) is 16.8 Å². The summed E-state index contributed by atoms with van der Waals surface area (Å²) < 4.78 is 0. The van der Waals surface area contributed by atoms with Gasteiger partial charge in [-0.25, -0.2) is 0 Å². The molecule has 1 heterocycles. The second-order valence-electron chi connectivity index (χ2n) is 5.03. The van der Waals surface area contributed by atoms with E-state index in [4.69, 9.17) is 5.26 Å². The number of nitriles is 1. The summed E-state index contributed by atoms with van der Waals surface area (Å²) in [6.45, 7) is 3.44. The van der Waals surface area contributed by atoms with Gasteiger partial charge in [0.1, 0.15) is 5.60 Å². The second-order valence-corrected chi connectivity index (χ2v) is 5.98. The SMILES string of the molecule is CC(=O)c1ccc(C#N)cc1NCC(C)(O)c1cccs1. The molecule has 2 aromatic rings. The summed E-state index contributed by atoms with van der Waals surface area (Å²) in [6, 6.07) is 10.7. The maximum absolute atomic E-state index is 11.6. The third-order valence-electron chi connectivity index (χ3n) is 3.20. The molecule has 5 heteroatoms. The average molecular weight is 300 g/mol. The fraction of sp³-hybridized carbons (Fsp3) is 0.250. The lowest BCUT2D eigenvalue weighted by Gasteiger charge is -2.23. The molecule has 0 saturated heterocycles. The molecule has 0 aliphatic carbocycles. The van der Waals surface area contributed by atoms with Crippen LogP contribution in [0.15, 0.2) is 35.7 Å². The Bertz CT molecular complexity index is 685. The molecule has 1 aromatic carbocycles. The van der Waals surface area contributed by atoms with Crippen molar-refractivity contribution in [2.75, 3.05) is 11.9 Å². The minimum Gasteiger partial charge on any atom is -0.383 e. The highest BCUT2D eigenvalue weighted by molar-refractivity contribution is 7.10. The lowest BCUT2D eigenvalue weighted by molar-refractivity contribution is 0.0753. The zero-order valence-corrected chi connectivity index (χ0v) is 12.7. The van der Waals surface area contributed by atoms with Gasteiger partial charge in [0, 0.05) is 22.7 Å². The molecule has 1 atom stereocenters. The summed E-state index contributed by atoms with van der Waals surface area (Å²) >= 11 is 1.47. The number of nitrogens with one attached hydrogen (secondary N) is 1. The van der Waals surface area contributed by atoms with Crippen molar-refractivity contribution >= 4 is 22.8 Å². The number of rotatable bonds is 5. The number of carbonyl (C=O) groups excluding carboxylic acids is 1. The van der Waals surface area contributed by atoms with Crippen LogP contribution in [-0.4, -0.2) is 17.4 Å². The zero-order chi connectivity index (χ0) is 15.5. The number of anilines is 1. The highest BCUT2D eigenvalue weighted by atomic mass is 32.1. The Labute approximate surface area is 127 Å². The topological polar surface area (TPSA) is 73.1 Å². The van der Waals surface area contributed by atoms with Crippen LogP contribution in [0.4, 0.5) is 5.69 Å². The van der Waals surface area contributed by atoms with Crippen molar-refractivity contribution in [1.82, 2.24) is 0 Å². The van der Waals surface area contributed by atoms with Crippen LogP contribution in [-0.2, 0) is 5.60 Å². The molecule has 108 valence electrons. The first-order chi connectivity index (χ1) is 9.94. The first-order valence-electron chi connectivity index (χ1n) is 6.49. The molecule has 4 nitrogen and oxygen atoms in total. The number of hydrogen-bond acceptors (Lipinski definition) is 5. The molecule has 2 N–H and O–H groups in total. The molecular weight excluding hydrogens is 284 g/mol. The third-order valence-corrected chi connectivity index (χ3v) is 4.33. The van der Waals surface area contributed by atoms with E-state index in [1.807, 2.05) is 23.6 Å². The number of carbonyl (C=O) groups is 1. The van der Waals surface area contributed by atoms with Crippen LogP contribution in [0.25, 0.3) is 0 Å². The van der Waals surface area contributed by atoms with E-state index in [1.54, 1.807) is 25.1 Å². The summed E-state index contributed by atoms with van der Waals surface area (Å²) in [5.41, 5.74) is 0.512. The van der Waals surface area contributed by atoms with Crippen LogP contribution in [0.3, 0.4) is 0 Å². The van der Waals surface area contributed by atoms with Crippen molar-refractivity contribution in [3.63, 3.8) is 0 Å². The molecule has 0 spiro atoms. The number of Topliss-reactive ketones (excluding diaryl/α,β-unsaturated/α-hetero) is 1. The number of hydrogen-bond donors (Lipinski definition) is 2. The molecule has 0 aliphatic rings. The number of thiophene rings is 1. The summed E-state index contributed by atoms with van der Waals surface area (Å²) in [5.74, 6) is -0.0854. The van der Waals surface area contributed by atoms with Gasteiger partial charge >= 0.3 is 0 Å². The van der Waals surface area contributed by atoms with Gasteiger partial charge in [-0.05, 0) is 43.5 Å². The van der Waals surface area contributed by atoms with E-state index < -0.39 is 5.60 Å². The van der Waals surface area contributed by atoms with Crippen LogP contribution in [0.1, 0.15) is 34.6 Å². The Morgan fingerprint density at radius 3 is 2.81 bits per heavy atom. The van der Waals surface area contributed by atoms with E-state index in [-0.39, 0.29) is 12.3 Å². The van der Waals surface area contributed by atoms with Gasteiger partial charge in [-0.3, -0.25) is 4.79 Å². The highest BCUT2D eigenvalue weighted by Crippen LogP contribution is 2.27. The lowest BCUT2D eigenvalue weighted by Crippen LogP contribution is -2.30. The van der Waals surface area contributed by atoms with Crippen molar-refractivity contribution in [1.29, 1.82) is 5.26 Å². The highest BCUT2D eigenvalue weighted by Gasteiger charge is 2.24. The maximum atomic E-state index is 11.6. The Balaban J connectivity index is 2.23. The summed E-state index contributed by atoms with van der Waals surface area (Å²) in [7, 11) is 0. The summed E-state index contributed by atoms with van der Waals surface area (Å²) in [4.78, 5) is 12.5. The number of benzene rings is 1. The quantitative estimate of drug-likeness (QED) is 0.832. The molecular formula is C16H16N2O2S. The largest absolute Gasteiger partial charge is 0.383 e. The van der Waals surface area contributed by atoms with Gasteiger partial charge in [-0.2, -0.15) is 5.26 Å². The van der Waals surface area contributed by atoms with E-state index in [2.05, 4.69) is 5.32 Å². The van der Waals surface area contributed by atoms with Crippen molar-refractivity contribution in [2.45, 2.75) is 19.4 Å². The van der Waals surface area contributed by atoms with Gasteiger partial charge < -0.3 is 10.4 Å². The predicted octanol–water partition coefficient (Wildman–Crippen LogP) is 3.14. The van der Waals surface area contributed by atoms with Gasteiger partial charge in [0.25, 0.3) is 0 Å². The molecule has 2 rings (SSSR count). The number of nitrogens with zero attached hydrogens (tertiary/aromatic N) is 1. The molecule has 0 amide bonds. The molecule has 0 bridgehead atoms. The van der Waals surface area contributed by atoms with Crippen LogP contribution < -0.4 is 5.32 Å². The standard InChI is InChI=1S/C16H16N2O2S/c1-11(19)13-6-5-12(9-17)8-14(13)18-10-16(2,20)15-4-3-7-21-15/h3-8,18,20H,10H2,1-2H3. The van der Waals surface area contributed by atoms with Crippen LogP contribution in [0.5, 0.6) is 0 Å². The van der Waals surface area contributed by atoms with E-state index >= 15 is 0 Å². The van der Waals surface area contributed by atoms with Crippen molar-refractivity contribution in [3.05, 3.63) is 51.7 Å². The normalized spacial score (nSPS) is 13.2. The minimum absolute atomic E-state index is 0.0854. The van der Waals surface area contributed by atoms with E-state index in [0.717, 1.165) is 4.88 Å². The third kappa shape index (κ3) is 3.48. The molecule has 21 heavy (non-hydrogen) atoms. The Morgan fingerprint density at radius 2 is 2.24 bits per heavy atom. The zero-order valence-electron chi connectivity index (χ0n) is 11.9. The number of ketones is 1. The van der Waals surface area contributed by atoms with Crippen LogP contribution in [0, 0.1) is 11.3 Å². The summed E-state index contributed by atoms with van der Waals surface area (Å²) in [6.07, 6.45) is 0. The van der Waals surface area contributed by atoms with Crippen LogP contribution >= 0.6 is 11.3 Å². The Kier molecular flexibility index (Phi) is 4.41. The first kappa shape index (κ1) is 15.2. The van der Waals surface area contributed by atoms with Gasteiger partial charge in [0.05, 0.1) is 11.6 Å². The van der Waals surface area contributed by atoms with Crippen LogP contribution in [0.2, 0.25) is 0 Å². The molecule has 0 radical (unpaired) electrons. The molecule has 1 unspecified atom stereocenters. The molecule has 0 fully saturated rings. The van der Waals surface area contributed by atoms with Gasteiger partial charge in [-0.15, -0.1) is 11.3 Å². The van der Waals surface area contributed by atoms with Gasteiger partial charge in [0.15, 0.2) is 5.78 Å². The Hall–Kier alpha value is -2.16. The predicted molar refractivity (Wildman–Crippen MR) is 83.5 cm³/mol. The average Bonchev–Trinajstić information content (AvgIpc) is 2.99. The molecule has 0 aliphatic heterocycles. The van der Waals surface area contributed by atoms with Crippen molar-refractivity contribution < 1.29 is 9.90 Å². The Morgan fingerprint density at radius 1 is 1.48 bits per heavy atom. The first-order valence-corrected chi connectivity index (χ1v) is 7.37. The molecule has 0 saturated carbocycles. The summed E-state index contributed by atoms with van der Waals surface area (Å²) in [5, 5.41) is 24.4. The molecule has 1 aromatic heterocycles. The monoisotopic (exact) mass is 300 g/mol. The van der Waals surface area contributed by atoms with Gasteiger partial charge in [-0.1, -0.05) is 6.07 Å².